The van der Waals surface area contributed by atoms with E-state index in [9.17, 15) is 52.7 Å². The molecule has 3 saturated heterocycles. The van der Waals surface area contributed by atoms with Crippen LogP contribution in [0.5, 0.6) is 0 Å². The molecule has 0 amide bonds. The average Bonchev–Trinajstić information content (AvgIpc) is 3.17. The number of carbonyl (C=O) groups is 11. The second kappa shape index (κ2) is 25.2. The minimum Gasteiger partial charge on any atom is -0.463 e. The fraction of sp³-hybridized carbons (Fsp3) is 0.725. The topological polar surface area (TPSA) is 335 Å². The molecule has 0 N–H and O–H groups in total. The molecule has 3 fully saturated rings. The van der Waals surface area contributed by atoms with Gasteiger partial charge in [-0.15, -0.1) is 0 Å². The highest BCUT2D eigenvalue weighted by atomic mass is 16.8. The molecular weight excluding hydrogens is 912 g/mol. The van der Waals surface area contributed by atoms with Crippen molar-refractivity contribution >= 4 is 65.7 Å². The van der Waals surface area contributed by atoms with Crippen LogP contribution < -0.4 is 0 Å². The summed E-state index contributed by atoms with van der Waals surface area (Å²) in [4.78, 5) is 137. The summed E-state index contributed by atoms with van der Waals surface area (Å²) < 4.78 is 90.4. The van der Waals surface area contributed by atoms with Crippen LogP contribution >= 0.6 is 0 Å². The van der Waals surface area contributed by atoms with Crippen molar-refractivity contribution in [1.29, 1.82) is 0 Å². The van der Waals surface area contributed by atoms with Crippen molar-refractivity contribution in [2.24, 2.45) is 0 Å². The van der Waals surface area contributed by atoms with Crippen molar-refractivity contribution in [3.8, 4) is 0 Å². The zero-order chi connectivity index (χ0) is 50.4. The van der Waals surface area contributed by atoms with Crippen LogP contribution in [0.15, 0.2) is 0 Å². The first-order valence-electron chi connectivity index (χ1n) is 20.3. The van der Waals surface area contributed by atoms with Crippen LogP contribution in [0.25, 0.3) is 0 Å². The van der Waals surface area contributed by atoms with Gasteiger partial charge in [0.1, 0.15) is 50.3 Å². The summed E-state index contributed by atoms with van der Waals surface area (Å²) in [6.45, 7) is 8.53. The molecule has 67 heavy (non-hydrogen) atoms. The summed E-state index contributed by atoms with van der Waals surface area (Å²) >= 11 is 0. The van der Waals surface area contributed by atoms with Crippen LogP contribution in [0.2, 0.25) is 0 Å². The molecule has 15 atom stereocenters. The first kappa shape index (κ1) is 55.3. The minimum atomic E-state index is -2.06. The molecule has 0 aromatic carbocycles. The molecule has 27 heteroatoms. The van der Waals surface area contributed by atoms with E-state index in [1.165, 1.54) is 0 Å². The van der Waals surface area contributed by atoms with Crippen LogP contribution in [-0.2, 0) is 129 Å². The van der Waals surface area contributed by atoms with Gasteiger partial charge in [0.15, 0.2) is 49.2 Å². The molecule has 3 aliphatic rings. The third-order valence-electron chi connectivity index (χ3n) is 9.11. The zero-order valence-electron chi connectivity index (χ0n) is 38.3. The molecule has 0 saturated carbocycles. The molecule has 3 rings (SSSR count). The highest BCUT2D eigenvalue weighted by Crippen LogP contribution is 2.38. The second-order valence-corrected chi connectivity index (χ2v) is 14.9. The Hall–Kier alpha value is -6.03. The Morgan fingerprint density at radius 2 is 0.493 bits per heavy atom. The van der Waals surface area contributed by atoms with Gasteiger partial charge in [0.2, 0.25) is 12.4 Å². The minimum absolute atomic E-state index is 0.691. The van der Waals surface area contributed by atoms with Crippen LogP contribution in [0.4, 0.5) is 0 Å². The molecule has 0 aliphatic carbocycles. The lowest BCUT2D eigenvalue weighted by Crippen LogP contribution is -2.69. The van der Waals surface area contributed by atoms with Gasteiger partial charge >= 0.3 is 65.7 Å². The summed E-state index contributed by atoms with van der Waals surface area (Å²) in [7, 11) is 0. The normalized spacial score (nSPS) is 31.2. The van der Waals surface area contributed by atoms with E-state index in [1.807, 2.05) is 0 Å². The van der Waals surface area contributed by atoms with Gasteiger partial charge < -0.3 is 75.8 Å². The third-order valence-corrected chi connectivity index (χ3v) is 9.11. The molecule has 0 aromatic heterocycles. The van der Waals surface area contributed by atoms with E-state index >= 15 is 0 Å². The highest BCUT2D eigenvalue weighted by Gasteiger charge is 2.60. The maximum Gasteiger partial charge on any atom is 0.305 e. The quantitative estimate of drug-likeness (QED) is 0.114. The number of esters is 11. The standard InChI is InChI=1S/C40H54O27/c1-15(41)52-12-26-29(55-18(4)44)32(56-19(5)45)36(60-23(9)49)39(64-26)67-31-28(14-54-17(3)43)65-40(37(61-24(10)50)34(31)58-21(7)47)66-30-27(13-53-16(2)42)63-38(62-25(11)51)35(59-22(8)48)33(30)57-20(6)46/h26-40H,12-14H2,1-11H3/t26?,27?,28?,29-,30-,31-,32?,33+,34?,35?,36+,37+,38-,39-,40-/m1/s1. The molecule has 3 aliphatic heterocycles. The number of carbonyl (C=O) groups excluding carboxylic acids is 11. The molecule has 6 unspecified atom stereocenters. The van der Waals surface area contributed by atoms with Crippen LogP contribution in [0.3, 0.4) is 0 Å². The van der Waals surface area contributed by atoms with E-state index in [0.29, 0.717) is 0 Å². The molecule has 0 spiro atoms. The van der Waals surface area contributed by atoms with E-state index in [4.69, 9.17) is 75.8 Å². The molecule has 3 heterocycles. The Bertz CT molecular complexity index is 1850. The first-order valence-corrected chi connectivity index (χ1v) is 20.3. The fourth-order valence-corrected chi connectivity index (χ4v) is 7.01. The maximum atomic E-state index is 13.0. The van der Waals surface area contributed by atoms with Gasteiger partial charge in [-0.05, 0) is 0 Å². The lowest BCUT2D eigenvalue weighted by molar-refractivity contribution is -0.378. The fourth-order valence-electron chi connectivity index (χ4n) is 7.01. The highest BCUT2D eigenvalue weighted by molar-refractivity contribution is 5.70. The van der Waals surface area contributed by atoms with Crippen molar-refractivity contribution in [1.82, 2.24) is 0 Å². The van der Waals surface area contributed by atoms with E-state index in [-0.39, 0.29) is 0 Å². The van der Waals surface area contributed by atoms with Crippen LogP contribution in [0, 0.1) is 0 Å². The molecule has 0 bridgehead atoms. The predicted octanol–water partition coefficient (Wildman–Crippen LogP) is -1.29. The van der Waals surface area contributed by atoms with Crippen molar-refractivity contribution in [3.05, 3.63) is 0 Å². The first-order chi connectivity index (χ1) is 31.3. The van der Waals surface area contributed by atoms with E-state index < -0.39 is 178 Å². The molecule has 0 aromatic rings. The summed E-state index contributed by atoms with van der Waals surface area (Å²) in [5.41, 5.74) is 0. The van der Waals surface area contributed by atoms with Gasteiger partial charge in [0.05, 0.1) is 0 Å². The molecule has 27 nitrogen and oxygen atoms in total. The Labute approximate surface area is 382 Å². The van der Waals surface area contributed by atoms with Gasteiger partial charge in [0.25, 0.3) is 0 Å². The SMILES string of the molecule is CC(=O)OCC1O[C@H](O[C@@H]2C(COC(C)=O)O[C@H](O[C@@H]3C(COC(C)=O)O[C@@H](OC(C)=O)C(OC(C)=O)[C@H]3OC(C)=O)[C@@H](OC(C)=O)C2OC(C)=O)[C@@H](OC(C)=O)C(OC(C)=O)[C@@H]1OC(C)=O. The Morgan fingerprint density at radius 1 is 0.269 bits per heavy atom. The van der Waals surface area contributed by atoms with Gasteiger partial charge in [-0.2, -0.15) is 0 Å². The number of ether oxygens (including phenoxy) is 16. The van der Waals surface area contributed by atoms with Gasteiger partial charge in [-0.3, -0.25) is 52.7 Å². The Morgan fingerprint density at radius 3 is 0.776 bits per heavy atom. The number of hydrogen-bond acceptors (Lipinski definition) is 27. The van der Waals surface area contributed by atoms with Gasteiger partial charge in [0, 0.05) is 76.2 Å². The Balaban J connectivity index is 2.31. The van der Waals surface area contributed by atoms with Crippen LogP contribution in [-0.4, -0.2) is 178 Å². The molecular formula is C40H54O27. The van der Waals surface area contributed by atoms with Crippen LogP contribution in [0.1, 0.15) is 76.2 Å². The molecule has 0 radical (unpaired) electrons. The van der Waals surface area contributed by atoms with Crippen molar-refractivity contribution in [2.75, 3.05) is 19.8 Å². The summed E-state index contributed by atoms with van der Waals surface area (Å²) in [6, 6.07) is 0. The maximum absolute atomic E-state index is 13.0. The second-order valence-electron chi connectivity index (χ2n) is 14.9. The summed E-state index contributed by atoms with van der Waals surface area (Å²) in [5, 5.41) is 0. The zero-order valence-corrected chi connectivity index (χ0v) is 38.3. The Kier molecular flexibility index (Phi) is 20.8. The molecule has 376 valence electrons. The lowest BCUT2D eigenvalue weighted by Gasteiger charge is -2.50. The van der Waals surface area contributed by atoms with Crippen molar-refractivity contribution in [3.63, 3.8) is 0 Å². The third kappa shape index (κ3) is 17.0. The smallest absolute Gasteiger partial charge is 0.305 e. The van der Waals surface area contributed by atoms with Crippen molar-refractivity contribution < 1.29 is 129 Å². The predicted molar refractivity (Wildman–Crippen MR) is 206 cm³/mol. The monoisotopic (exact) mass is 966 g/mol. The summed E-state index contributed by atoms with van der Waals surface area (Å²) in [5.74, 6) is -10.7. The summed E-state index contributed by atoms with van der Waals surface area (Å²) in [6.07, 6.45) is -27.3. The lowest BCUT2D eigenvalue weighted by atomic mass is 9.95. The van der Waals surface area contributed by atoms with Gasteiger partial charge in [-0.25, -0.2) is 0 Å². The largest absolute Gasteiger partial charge is 0.463 e. The van der Waals surface area contributed by atoms with Gasteiger partial charge in [-0.1, -0.05) is 0 Å². The number of rotatable bonds is 18. The average molecular weight is 967 g/mol. The van der Waals surface area contributed by atoms with E-state index in [2.05, 4.69) is 0 Å². The van der Waals surface area contributed by atoms with Crippen molar-refractivity contribution in [2.45, 2.75) is 168 Å². The van der Waals surface area contributed by atoms with E-state index in [1.54, 1.807) is 0 Å². The number of hydrogen-bond donors (Lipinski definition) is 0. The van der Waals surface area contributed by atoms with E-state index in [0.717, 1.165) is 76.2 Å².